The van der Waals surface area contributed by atoms with Crippen LogP contribution in [0.4, 0.5) is 22.0 Å². The Labute approximate surface area is 195 Å². The lowest BCUT2D eigenvalue weighted by Crippen LogP contribution is -2.46. The molecule has 0 saturated heterocycles. The van der Waals surface area contributed by atoms with Gasteiger partial charge < -0.3 is 14.2 Å². The molecule has 0 saturated carbocycles. The highest BCUT2D eigenvalue weighted by atomic mass is 32.2. The Kier molecular flexibility index (Phi) is 5.92. The second-order valence-electron chi connectivity index (χ2n) is 7.58. The van der Waals surface area contributed by atoms with E-state index >= 15 is 0 Å². The van der Waals surface area contributed by atoms with E-state index in [1.807, 2.05) is 0 Å². The van der Waals surface area contributed by atoms with E-state index in [1.54, 1.807) is 0 Å². The number of methoxy groups -OCH3 is 1. The van der Waals surface area contributed by atoms with Crippen LogP contribution in [0.2, 0.25) is 0 Å². The summed E-state index contributed by atoms with van der Waals surface area (Å²) in [6, 6.07) is 4.88. The van der Waals surface area contributed by atoms with Crippen LogP contribution in [0.25, 0.3) is 10.9 Å². The van der Waals surface area contributed by atoms with E-state index in [0.717, 1.165) is 31.3 Å². The number of nitrogens with one attached hydrogen (secondary N) is 1. The lowest BCUT2D eigenvalue weighted by atomic mass is 9.98. The molecule has 1 unspecified atom stereocenters. The minimum atomic E-state index is -5.33. The number of alkyl halides is 3. The Balaban J connectivity index is 2.02. The van der Waals surface area contributed by atoms with Crippen LogP contribution >= 0.6 is 0 Å². The summed E-state index contributed by atoms with van der Waals surface area (Å²) in [7, 11) is -3.67. The molecule has 2 heterocycles. The van der Waals surface area contributed by atoms with Crippen molar-refractivity contribution in [2.24, 2.45) is 0 Å². The minimum absolute atomic E-state index is 0.0343. The molecule has 3 aromatic rings. The van der Waals surface area contributed by atoms with Crippen LogP contribution in [0.15, 0.2) is 41.4 Å². The van der Waals surface area contributed by atoms with Crippen LogP contribution < -0.4 is 14.8 Å². The summed E-state index contributed by atoms with van der Waals surface area (Å²) in [4.78, 5) is 10.5. The summed E-state index contributed by atoms with van der Waals surface area (Å²) < 4.78 is 110. The molecule has 0 spiro atoms. The lowest BCUT2D eigenvalue weighted by Gasteiger charge is -2.31. The number of aromatic nitrogens is 1. The molecule has 14 heteroatoms. The van der Waals surface area contributed by atoms with E-state index in [9.17, 15) is 35.2 Å². The number of fused-ring (bicyclic) bond motifs is 3. The van der Waals surface area contributed by atoms with Crippen molar-refractivity contribution in [1.82, 2.24) is 9.29 Å². The number of carbonyl (C=O) groups is 1. The molecule has 2 aromatic carbocycles. The molecule has 0 aliphatic carbocycles. The van der Waals surface area contributed by atoms with E-state index in [4.69, 9.17) is 14.2 Å². The van der Waals surface area contributed by atoms with Crippen LogP contribution in [0.5, 0.6) is 11.5 Å². The summed E-state index contributed by atoms with van der Waals surface area (Å²) >= 11 is 0. The topological polar surface area (TPSA) is 95.9 Å². The zero-order chi connectivity index (χ0) is 25.8. The monoisotopic (exact) mass is 520 g/mol. The molecule has 0 radical (unpaired) electrons. The standard InChI is InChI=1S/C21H17F5N2O6S/c1-20(34-19(29)21(24,25)26)16-11-6-8-28(35(30,31)18-12(22)4-3-5-13(18)23)14(11)10-15(32-2)17(16)33-9-7-27-20/h3-6,8,10,27H,7,9H2,1-2H3. The van der Waals surface area contributed by atoms with Gasteiger partial charge in [-0.25, -0.2) is 26.0 Å². The first kappa shape index (κ1) is 24.7. The number of carbonyl (C=O) groups excluding carboxylic acids is 1. The van der Waals surface area contributed by atoms with Crippen molar-refractivity contribution in [3.8, 4) is 11.5 Å². The molecule has 1 N–H and O–H groups in total. The zero-order valence-electron chi connectivity index (χ0n) is 18.1. The van der Waals surface area contributed by atoms with Gasteiger partial charge in [-0.15, -0.1) is 0 Å². The van der Waals surface area contributed by atoms with Gasteiger partial charge in [-0.3, -0.25) is 5.32 Å². The number of halogens is 5. The maximum Gasteiger partial charge on any atom is 0.491 e. The summed E-state index contributed by atoms with van der Waals surface area (Å²) in [5, 5.41) is 2.62. The van der Waals surface area contributed by atoms with Crippen molar-refractivity contribution in [1.29, 1.82) is 0 Å². The van der Waals surface area contributed by atoms with Crippen LogP contribution in [-0.4, -0.2) is 44.8 Å². The number of hydrogen-bond acceptors (Lipinski definition) is 7. The first-order chi connectivity index (χ1) is 16.3. The van der Waals surface area contributed by atoms with Crippen LogP contribution in [0.3, 0.4) is 0 Å². The Hall–Kier alpha value is -3.39. The number of nitrogens with zero attached hydrogens (tertiary/aromatic N) is 1. The summed E-state index contributed by atoms with van der Waals surface area (Å²) in [5.41, 5.74) is -2.54. The number of rotatable bonds is 4. The van der Waals surface area contributed by atoms with Gasteiger partial charge in [-0.1, -0.05) is 6.07 Å². The molecule has 0 amide bonds. The van der Waals surface area contributed by atoms with E-state index in [-0.39, 0.29) is 41.1 Å². The summed E-state index contributed by atoms with van der Waals surface area (Å²) in [6.45, 7) is 1.01. The van der Waals surface area contributed by atoms with Crippen LogP contribution in [0, 0.1) is 11.6 Å². The average molecular weight is 520 g/mol. The number of esters is 1. The second-order valence-corrected chi connectivity index (χ2v) is 9.33. The van der Waals surface area contributed by atoms with Gasteiger partial charge in [0.1, 0.15) is 18.2 Å². The quantitative estimate of drug-likeness (QED) is 0.416. The van der Waals surface area contributed by atoms with Crippen LogP contribution in [0.1, 0.15) is 12.5 Å². The van der Waals surface area contributed by atoms with Gasteiger partial charge in [0.2, 0.25) is 0 Å². The fourth-order valence-corrected chi connectivity index (χ4v) is 5.34. The van der Waals surface area contributed by atoms with E-state index in [2.05, 4.69) is 5.32 Å². The van der Waals surface area contributed by atoms with E-state index in [0.29, 0.717) is 3.97 Å². The minimum Gasteiger partial charge on any atom is -0.493 e. The van der Waals surface area contributed by atoms with Crippen molar-refractivity contribution in [2.45, 2.75) is 23.7 Å². The maximum absolute atomic E-state index is 14.3. The summed E-state index contributed by atoms with van der Waals surface area (Å²) in [5.74, 6) is -5.41. The molecule has 188 valence electrons. The molecule has 8 nitrogen and oxygen atoms in total. The molecular weight excluding hydrogens is 503 g/mol. The molecule has 1 aliphatic rings. The third kappa shape index (κ3) is 4.05. The molecule has 1 atom stereocenters. The zero-order valence-corrected chi connectivity index (χ0v) is 18.9. The molecule has 35 heavy (non-hydrogen) atoms. The highest BCUT2D eigenvalue weighted by Gasteiger charge is 2.48. The Morgan fingerprint density at radius 2 is 1.86 bits per heavy atom. The molecule has 4 rings (SSSR count). The van der Waals surface area contributed by atoms with Crippen molar-refractivity contribution >= 4 is 26.9 Å². The largest absolute Gasteiger partial charge is 0.493 e. The second kappa shape index (κ2) is 8.37. The molecule has 1 aromatic heterocycles. The normalized spacial score (nSPS) is 18.5. The molecular formula is C21H17F5N2O6S. The first-order valence-electron chi connectivity index (χ1n) is 9.91. The summed E-state index contributed by atoms with van der Waals surface area (Å²) in [6.07, 6.45) is -4.36. The van der Waals surface area contributed by atoms with E-state index < -0.39 is 44.4 Å². The number of ether oxygens (including phenoxy) is 3. The van der Waals surface area contributed by atoms with Gasteiger partial charge in [-0.2, -0.15) is 13.2 Å². The molecule has 0 fully saturated rings. The van der Waals surface area contributed by atoms with Crippen molar-refractivity contribution in [2.75, 3.05) is 20.3 Å². The van der Waals surface area contributed by atoms with Crippen molar-refractivity contribution in [3.63, 3.8) is 0 Å². The maximum atomic E-state index is 14.3. The fraction of sp³-hybridized carbons (Fsp3) is 0.286. The van der Waals surface area contributed by atoms with Crippen LogP contribution in [-0.2, 0) is 25.3 Å². The van der Waals surface area contributed by atoms with Gasteiger partial charge in [0.15, 0.2) is 22.1 Å². The highest BCUT2D eigenvalue weighted by molar-refractivity contribution is 7.90. The Bertz CT molecular complexity index is 1420. The number of benzene rings is 2. The SMILES string of the molecule is COc1cc2c(ccn2S(=O)(=O)c2c(F)cccc2F)c2c1OCCNC2(C)OC(=O)C(F)(F)F. The van der Waals surface area contributed by atoms with Crippen molar-refractivity contribution in [3.05, 3.63) is 53.7 Å². The third-order valence-corrected chi connectivity index (χ3v) is 7.09. The smallest absolute Gasteiger partial charge is 0.491 e. The number of hydrogen-bond donors (Lipinski definition) is 1. The predicted molar refractivity (Wildman–Crippen MR) is 110 cm³/mol. The third-order valence-electron chi connectivity index (χ3n) is 5.35. The lowest BCUT2D eigenvalue weighted by molar-refractivity contribution is -0.216. The highest BCUT2D eigenvalue weighted by Crippen LogP contribution is 2.46. The fourth-order valence-electron chi connectivity index (χ4n) is 3.88. The van der Waals surface area contributed by atoms with Gasteiger partial charge >= 0.3 is 12.1 Å². The van der Waals surface area contributed by atoms with Gasteiger partial charge in [-0.05, 0) is 25.1 Å². The van der Waals surface area contributed by atoms with E-state index in [1.165, 1.54) is 19.2 Å². The van der Waals surface area contributed by atoms with Gasteiger partial charge in [0, 0.05) is 24.2 Å². The van der Waals surface area contributed by atoms with Gasteiger partial charge in [0.05, 0.1) is 18.2 Å². The molecule has 0 bridgehead atoms. The average Bonchev–Trinajstić information content (AvgIpc) is 3.11. The molecule has 1 aliphatic heterocycles. The predicted octanol–water partition coefficient (Wildman–Crippen LogP) is 3.43. The Morgan fingerprint density at radius 1 is 1.20 bits per heavy atom. The first-order valence-corrected chi connectivity index (χ1v) is 11.4. The van der Waals surface area contributed by atoms with Crippen molar-refractivity contribution < 1.29 is 49.4 Å². The van der Waals surface area contributed by atoms with Gasteiger partial charge in [0.25, 0.3) is 10.0 Å². The Morgan fingerprint density at radius 3 is 2.46 bits per heavy atom.